The van der Waals surface area contributed by atoms with Crippen molar-refractivity contribution in [1.82, 2.24) is 0 Å². The van der Waals surface area contributed by atoms with Crippen molar-refractivity contribution < 1.29 is 13.2 Å². The molecule has 0 heterocycles. The fraction of sp³-hybridized carbons (Fsp3) is 0.278. The molecule has 7 heteroatoms. The number of anilines is 3. The van der Waals surface area contributed by atoms with Crippen LogP contribution < -0.4 is 14.5 Å². The monoisotopic (exact) mass is 361 g/mol. The summed E-state index contributed by atoms with van der Waals surface area (Å²) in [6.45, 7) is 1.63. The number of nitrogens with zero attached hydrogens (tertiary/aromatic N) is 2. The molecule has 134 valence electrons. The molecule has 2 rings (SSSR count). The second-order valence-electron chi connectivity index (χ2n) is 6.09. The third kappa shape index (κ3) is 5.22. The predicted molar refractivity (Wildman–Crippen MR) is 103 cm³/mol. The number of amides is 1. The van der Waals surface area contributed by atoms with E-state index in [2.05, 4.69) is 5.32 Å². The van der Waals surface area contributed by atoms with Gasteiger partial charge < -0.3 is 10.2 Å². The molecule has 0 radical (unpaired) electrons. The maximum atomic E-state index is 12.3. The SMILES string of the molecule is Cc1ccc(N(CC(=O)Nc2ccc(N(C)C)cc2)S(C)(=O)=O)cc1. The van der Waals surface area contributed by atoms with E-state index in [0.717, 1.165) is 21.8 Å². The van der Waals surface area contributed by atoms with E-state index in [9.17, 15) is 13.2 Å². The molecule has 0 atom stereocenters. The molecule has 6 nitrogen and oxygen atoms in total. The van der Waals surface area contributed by atoms with Crippen LogP contribution in [0, 0.1) is 6.92 Å². The third-order valence-electron chi connectivity index (χ3n) is 3.68. The number of hydrogen-bond donors (Lipinski definition) is 1. The molecule has 0 aliphatic heterocycles. The summed E-state index contributed by atoms with van der Waals surface area (Å²) in [6.07, 6.45) is 1.09. The largest absolute Gasteiger partial charge is 0.378 e. The van der Waals surface area contributed by atoms with Gasteiger partial charge in [-0.15, -0.1) is 0 Å². The van der Waals surface area contributed by atoms with Crippen LogP contribution in [0.15, 0.2) is 48.5 Å². The second kappa shape index (κ2) is 7.57. The Hall–Kier alpha value is -2.54. The number of sulfonamides is 1. The Bertz CT molecular complexity index is 829. The lowest BCUT2D eigenvalue weighted by molar-refractivity contribution is -0.114. The van der Waals surface area contributed by atoms with Crippen LogP contribution in [-0.4, -0.2) is 41.2 Å². The molecule has 25 heavy (non-hydrogen) atoms. The average molecular weight is 361 g/mol. The summed E-state index contributed by atoms with van der Waals surface area (Å²) in [7, 11) is 0.289. The van der Waals surface area contributed by atoms with E-state index in [4.69, 9.17) is 0 Å². The Labute approximate surface area is 149 Å². The van der Waals surface area contributed by atoms with Gasteiger partial charge in [0.25, 0.3) is 0 Å². The number of carbonyl (C=O) groups excluding carboxylic acids is 1. The van der Waals surface area contributed by atoms with Crippen molar-refractivity contribution in [2.45, 2.75) is 6.92 Å². The topological polar surface area (TPSA) is 69.7 Å². The van der Waals surface area contributed by atoms with E-state index in [1.54, 1.807) is 24.3 Å². The molecule has 2 aromatic carbocycles. The van der Waals surface area contributed by atoms with Gasteiger partial charge in [0.2, 0.25) is 15.9 Å². The maximum absolute atomic E-state index is 12.3. The highest BCUT2D eigenvalue weighted by Gasteiger charge is 2.20. The summed E-state index contributed by atoms with van der Waals surface area (Å²) >= 11 is 0. The Kier molecular flexibility index (Phi) is 5.69. The quantitative estimate of drug-likeness (QED) is 0.858. The van der Waals surface area contributed by atoms with E-state index >= 15 is 0 Å². The molecule has 1 amide bonds. The number of aryl methyl sites for hydroxylation is 1. The first kappa shape index (κ1) is 18.8. The van der Waals surface area contributed by atoms with Gasteiger partial charge in [0.15, 0.2) is 0 Å². The fourth-order valence-electron chi connectivity index (χ4n) is 2.28. The third-order valence-corrected chi connectivity index (χ3v) is 4.82. The van der Waals surface area contributed by atoms with Gasteiger partial charge in [-0.25, -0.2) is 8.42 Å². The van der Waals surface area contributed by atoms with Gasteiger partial charge in [0.1, 0.15) is 6.54 Å². The molecule has 0 saturated carbocycles. The van der Waals surface area contributed by atoms with Crippen LogP contribution in [0.3, 0.4) is 0 Å². The lowest BCUT2D eigenvalue weighted by Crippen LogP contribution is -2.37. The Balaban J connectivity index is 2.13. The number of benzene rings is 2. The minimum Gasteiger partial charge on any atom is -0.378 e. The highest BCUT2D eigenvalue weighted by atomic mass is 32.2. The van der Waals surface area contributed by atoms with Gasteiger partial charge in [-0.3, -0.25) is 9.10 Å². The molecule has 0 spiro atoms. The summed E-state index contributed by atoms with van der Waals surface area (Å²) in [5.74, 6) is -0.399. The van der Waals surface area contributed by atoms with Crippen LogP contribution in [0.4, 0.5) is 17.1 Å². The molecule has 0 aliphatic carbocycles. The highest BCUT2D eigenvalue weighted by molar-refractivity contribution is 7.92. The molecular weight excluding hydrogens is 338 g/mol. The molecule has 0 unspecified atom stereocenters. The lowest BCUT2D eigenvalue weighted by atomic mass is 10.2. The predicted octanol–water partition coefficient (Wildman–Crippen LogP) is 2.47. The molecule has 0 aliphatic rings. The first-order valence-corrected chi connectivity index (χ1v) is 9.63. The average Bonchev–Trinajstić information content (AvgIpc) is 2.53. The van der Waals surface area contributed by atoms with Crippen molar-refractivity contribution in [1.29, 1.82) is 0 Å². The fourth-order valence-corrected chi connectivity index (χ4v) is 3.14. The molecule has 0 fully saturated rings. The van der Waals surface area contributed by atoms with Crippen molar-refractivity contribution in [2.24, 2.45) is 0 Å². The van der Waals surface area contributed by atoms with Crippen LogP contribution in [0.5, 0.6) is 0 Å². The van der Waals surface area contributed by atoms with Crippen molar-refractivity contribution in [2.75, 3.05) is 41.4 Å². The first-order chi connectivity index (χ1) is 11.7. The Morgan fingerprint density at radius 1 is 0.960 bits per heavy atom. The molecule has 0 aromatic heterocycles. The summed E-state index contributed by atoms with van der Waals surface area (Å²) in [6, 6.07) is 14.3. The van der Waals surface area contributed by atoms with Crippen LogP contribution in [-0.2, 0) is 14.8 Å². The maximum Gasteiger partial charge on any atom is 0.245 e. The summed E-state index contributed by atoms with van der Waals surface area (Å²) in [5, 5.41) is 2.73. The Morgan fingerprint density at radius 2 is 1.48 bits per heavy atom. The second-order valence-corrected chi connectivity index (χ2v) is 8.00. The molecule has 1 N–H and O–H groups in total. The lowest BCUT2D eigenvalue weighted by Gasteiger charge is -2.22. The normalized spacial score (nSPS) is 11.0. The summed E-state index contributed by atoms with van der Waals surface area (Å²) in [5.41, 5.74) is 3.11. The summed E-state index contributed by atoms with van der Waals surface area (Å²) in [4.78, 5) is 14.3. The van der Waals surface area contributed by atoms with E-state index in [1.165, 1.54) is 0 Å². The minimum absolute atomic E-state index is 0.280. The van der Waals surface area contributed by atoms with E-state index in [0.29, 0.717) is 11.4 Å². The van der Waals surface area contributed by atoms with Crippen LogP contribution in [0.1, 0.15) is 5.56 Å². The zero-order valence-electron chi connectivity index (χ0n) is 14.9. The van der Waals surface area contributed by atoms with Crippen molar-refractivity contribution in [3.8, 4) is 0 Å². The van der Waals surface area contributed by atoms with E-state index in [-0.39, 0.29) is 6.54 Å². The molecular formula is C18H23N3O3S. The zero-order valence-corrected chi connectivity index (χ0v) is 15.7. The summed E-state index contributed by atoms with van der Waals surface area (Å²) < 4.78 is 25.2. The number of hydrogen-bond acceptors (Lipinski definition) is 4. The van der Waals surface area contributed by atoms with Gasteiger partial charge in [0, 0.05) is 25.5 Å². The van der Waals surface area contributed by atoms with E-state index in [1.807, 2.05) is 50.2 Å². The minimum atomic E-state index is -3.57. The van der Waals surface area contributed by atoms with Gasteiger partial charge in [-0.2, -0.15) is 0 Å². The van der Waals surface area contributed by atoms with Gasteiger partial charge in [-0.05, 0) is 43.3 Å². The van der Waals surface area contributed by atoms with Crippen LogP contribution in [0.25, 0.3) is 0 Å². The highest BCUT2D eigenvalue weighted by Crippen LogP contribution is 2.19. The van der Waals surface area contributed by atoms with Crippen LogP contribution in [0.2, 0.25) is 0 Å². The van der Waals surface area contributed by atoms with Crippen LogP contribution >= 0.6 is 0 Å². The molecule has 0 saturated heterocycles. The first-order valence-electron chi connectivity index (χ1n) is 7.78. The Morgan fingerprint density at radius 3 is 1.96 bits per heavy atom. The zero-order chi connectivity index (χ0) is 18.6. The van der Waals surface area contributed by atoms with Crippen molar-refractivity contribution in [3.63, 3.8) is 0 Å². The van der Waals surface area contributed by atoms with Gasteiger partial charge in [-0.1, -0.05) is 17.7 Å². The van der Waals surface area contributed by atoms with Gasteiger partial charge in [0.05, 0.1) is 11.9 Å². The number of carbonyl (C=O) groups is 1. The van der Waals surface area contributed by atoms with Crippen molar-refractivity contribution >= 4 is 33.0 Å². The smallest absolute Gasteiger partial charge is 0.245 e. The molecule has 2 aromatic rings. The number of rotatable bonds is 6. The van der Waals surface area contributed by atoms with Crippen molar-refractivity contribution in [3.05, 3.63) is 54.1 Å². The van der Waals surface area contributed by atoms with Gasteiger partial charge >= 0.3 is 0 Å². The number of nitrogens with one attached hydrogen (secondary N) is 1. The van der Waals surface area contributed by atoms with E-state index < -0.39 is 15.9 Å². The molecule has 0 bridgehead atoms. The standard InChI is InChI=1S/C18H23N3O3S/c1-14-5-9-17(10-6-14)21(25(4,23)24)13-18(22)19-15-7-11-16(12-8-15)20(2)3/h5-12H,13H2,1-4H3,(H,19,22).